The molecule has 0 aliphatic carbocycles. The lowest BCUT2D eigenvalue weighted by atomic mass is 9.99. The van der Waals surface area contributed by atoms with Gasteiger partial charge in [-0.3, -0.25) is 14.8 Å². The molecule has 0 spiro atoms. The highest BCUT2D eigenvalue weighted by Gasteiger charge is 2.06. The van der Waals surface area contributed by atoms with Gasteiger partial charge in [0.1, 0.15) is 0 Å². The predicted octanol–water partition coefficient (Wildman–Crippen LogP) is 9.32. The van der Waals surface area contributed by atoms with E-state index in [0.29, 0.717) is 10.8 Å². The summed E-state index contributed by atoms with van der Waals surface area (Å²) in [6.45, 7) is 0. The SMILES string of the molecule is CSC.O=c1c2cc(-c3ccncc3)cc(c2)c2ccc(cc2)c2ccc(cc2)c2cc(-c3ccncc3)cc1c2. The molecule has 0 fully saturated rings. The molecule has 3 nitrogen and oxygen atoms in total. The number of thioether (sulfide) groups is 1. The summed E-state index contributed by atoms with van der Waals surface area (Å²) in [5.41, 5.74) is 4.00. The Hall–Kier alpha value is -4.80. The Morgan fingerprint density at radius 3 is 1.02 bits per heavy atom. The third kappa shape index (κ3) is 5.60. The number of nitrogens with zero attached hydrogens (tertiary/aromatic N) is 2. The van der Waals surface area contributed by atoms with Crippen molar-refractivity contribution in [2.24, 2.45) is 0 Å². The fraction of sp³-hybridized carbons (Fsp3) is 0.0541. The van der Waals surface area contributed by atoms with Crippen LogP contribution in [-0.2, 0) is 0 Å². The van der Waals surface area contributed by atoms with Crippen LogP contribution in [0.2, 0.25) is 0 Å². The third-order valence-electron chi connectivity index (χ3n) is 7.19. The molecule has 0 atom stereocenters. The Morgan fingerprint density at radius 1 is 0.390 bits per heavy atom. The molecule has 9 rings (SSSR count). The summed E-state index contributed by atoms with van der Waals surface area (Å²) in [5.74, 6) is 0. The summed E-state index contributed by atoms with van der Waals surface area (Å²) in [6, 6.07) is 37.3. The number of fused-ring (bicyclic) bond motifs is 2. The van der Waals surface area contributed by atoms with Gasteiger partial charge >= 0.3 is 0 Å². The Kier molecular flexibility index (Phi) is 7.57. The molecular formula is C37H28N2OS. The highest BCUT2D eigenvalue weighted by molar-refractivity contribution is 7.97. The van der Waals surface area contributed by atoms with E-state index in [-0.39, 0.29) is 5.43 Å². The van der Waals surface area contributed by atoms with Crippen LogP contribution in [0.25, 0.3) is 65.3 Å². The first-order valence-corrected chi connectivity index (χ1v) is 15.0. The molecule has 8 bridgehead atoms. The van der Waals surface area contributed by atoms with Crippen molar-refractivity contribution in [3.05, 3.63) is 144 Å². The van der Waals surface area contributed by atoms with Crippen molar-refractivity contribution in [2.75, 3.05) is 12.5 Å². The minimum atomic E-state index is -0.0116. The Balaban J connectivity index is 0.000000967. The molecule has 0 aliphatic rings. The number of hydrogen-bond acceptors (Lipinski definition) is 4. The number of rotatable bonds is 2. The monoisotopic (exact) mass is 548 g/mol. The zero-order valence-electron chi connectivity index (χ0n) is 22.9. The molecule has 4 heteroatoms. The van der Waals surface area contributed by atoms with E-state index in [1.54, 1.807) is 36.5 Å². The maximum absolute atomic E-state index is 14.2. The molecule has 0 N–H and O–H groups in total. The molecule has 0 unspecified atom stereocenters. The molecule has 9 aromatic rings. The highest BCUT2D eigenvalue weighted by atomic mass is 32.2. The van der Waals surface area contributed by atoms with Crippen LogP contribution in [-0.4, -0.2) is 22.5 Å². The van der Waals surface area contributed by atoms with Gasteiger partial charge in [-0.25, -0.2) is 0 Å². The summed E-state index contributed by atoms with van der Waals surface area (Å²) < 4.78 is 0. The van der Waals surface area contributed by atoms with E-state index in [1.807, 2.05) is 61.0 Å². The van der Waals surface area contributed by atoms with Gasteiger partial charge in [-0.15, -0.1) is 0 Å². The van der Waals surface area contributed by atoms with Crippen LogP contribution >= 0.6 is 11.8 Å². The maximum atomic E-state index is 14.2. The van der Waals surface area contributed by atoms with Gasteiger partial charge in [0.2, 0.25) is 0 Å². The number of aromatic nitrogens is 2. The largest absolute Gasteiger partial charge is 0.289 e. The number of hydrogen-bond donors (Lipinski definition) is 0. The van der Waals surface area contributed by atoms with Crippen LogP contribution < -0.4 is 5.43 Å². The predicted molar refractivity (Wildman–Crippen MR) is 177 cm³/mol. The molecule has 0 saturated carbocycles. The summed E-state index contributed by atoms with van der Waals surface area (Å²) in [4.78, 5) is 22.5. The molecule has 7 aromatic carbocycles. The topological polar surface area (TPSA) is 42.9 Å². The first kappa shape index (κ1) is 26.4. The average molecular weight is 549 g/mol. The van der Waals surface area contributed by atoms with Crippen LogP contribution in [0.5, 0.6) is 0 Å². The molecule has 0 radical (unpaired) electrons. The van der Waals surface area contributed by atoms with E-state index in [2.05, 4.69) is 70.6 Å². The Bertz CT molecular complexity index is 1920. The van der Waals surface area contributed by atoms with E-state index in [1.165, 1.54) is 0 Å². The van der Waals surface area contributed by atoms with Gasteiger partial charge in [0.05, 0.1) is 0 Å². The number of benzene rings is 4. The molecule has 0 saturated heterocycles. The minimum Gasteiger partial charge on any atom is -0.289 e. The second-order valence-electron chi connectivity index (χ2n) is 9.96. The van der Waals surface area contributed by atoms with Crippen LogP contribution in [0.15, 0.2) is 139 Å². The smallest absolute Gasteiger partial charge is 0.193 e. The highest BCUT2D eigenvalue weighted by Crippen LogP contribution is 2.28. The van der Waals surface area contributed by atoms with Crippen molar-refractivity contribution in [1.29, 1.82) is 0 Å². The normalized spacial score (nSPS) is 10.9. The molecule has 0 amide bonds. The maximum Gasteiger partial charge on any atom is 0.193 e. The molecule has 198 valence electrons. The van der Waals surface area contributed by atoms with Gasteiger partial charge in [0.15, 0.2) is 5.43 Å². The minimum absolute atomic E-state index is 0.0116. The Labute approximate surface area is 243 Å². The van der Waals surface area contributed by atoms with Gasteiger partial charge < -0.3 is 0 Å². The number of pyridine rings is 2. The van der Waals surface area contributed by atoms with Crippen molar-refractivity contribution in [3.63, 3.8) is 0 Å². The Morgan fingerprint density at radius 2 is 0.683 bits per heavy atom. The first-order chi connectivity index (χ1) is 20.1. The van der Waals surface area contributed by atoms with Crippen molar-refractivity contribution < 1.29 is 0 Å². The summed E-state index contributed by atoms with van der Waals surface area (Å²) >= 11 is 1.75. The second kappa shape index (κ2) is 11.7. The molecular weight excluding hydrogens is 520 g/mol. The molecule has 0 aliphatic heterocycles. The van der Waals surface area contributed by atoms with E-state index < -0.39 is 0 Å². The second-order valence-corrected chi connectivity index (χ2v) is 10.8. The van der Waals surface area contributed by atoms with Gasteiger partial charge in [-0.05, 0) is 128 Å². The van der Waals surface area contributed by atoms with Crippen molar-refractivity contribution in [3.8, 4) is 22.3 Å². The molecule has 2 aromatic heterocycles. The fourth-order valence-electron chi connectivity index (χ4n) is 5.15. The van der Waals surface area contributed by atoms with Crippen molar-refractivity contribution in [1.82, 2.24) is 9.97 Å². The van der Waals surface area contributed by atoms with Crippen LogP contribution in [0.3, 0.4) is 0 Å². The van der Waals surface area contributed by atoms with Gasteiger partial charge in [0, 0.05) is 35.6 Å². The van der Waals surface area contributed by atoms with Crippen molar-refractivity contribution in [2.45, 2.75) is 0 Å². The van der Waals surface area contributed by atoms with Gasteiger partial charge in [0.25, 0.3) is 0 Å². The fourth-order valence-corrected chi connectivity index (χ4v) is 5.15. The summed E-state index contributed by atoms with van der Waals surface area (Å²) in [7, 11) is 0. The molecule has 41 heavy (non-hydrogen) atoms. The van der Waals surface area contributed by atoms with Gasteiger partial charge in [-0.2, -0.15) is 11.8 Å². The van der Waals surface area contributed by atoms with Crippen LogP contribution in [0.4, 0.5) is 0 Å². The lowest BCUT2D eigenvalue weighted by molar-refractivity contribution is 1.33. The quantitative estimate of drug-likeness (QED) is 0.216. The van der Waals surface area contributed by atoms with Crippen LogP contribution in [0.1, 0.15) is 0 Å². The summed E-state index contributed by atoms with van der Waals surface area (Å²) in [6.07, 6.45) is 11.2. The summed E-state index contributed by atoms with van der Waals surface area (Å²) in [5, 5.41) is 7.76. The lowest BCUT2D eigenvalue weighted by Crippen LogP contribution is -1.99. The standard InChI is InChI=1S/C35H22N2O.C2H6S/c38-35-33-19-29(17-31(21-33)27-9-13-36-14-10-27)25-5-1-23(2-6-25)24-3-7-26(8-4-24)30-18-32(22-34(35)20-30)28-11-15-37-16-12-28;1-3-2/h1-22H;1-2H3. The first-order valence-electron chi connectivity index (χ1n) is 13.4. The van der Waals surface area contributed by atoms with Crippen molar-refractivity contribution >= 4 is 54.9 Å². The molecule has 2 heterocycles. The third-order valence-corrected chi connectivity index (χ3v) is 7.19. The van der Waals surface area contributed by atoms with E-state index in [9.17, 15) is 4.79 Å². The average Bonchev–Trinajstić information content (AvgIpc) is 3.05. The van der Waals surface area contributed by atoms with E-state index >= 15 is 0 Å². The zero-order chi connectivity index (χ0) is 28.2. The van der Waals surface area contributed by atoms with E-state index in [0.717, 1.165) is 54.6 Å². The lowest BCUT2D eigenvalue weighted by Gasteiger charge is -2.05. The van der Waals surface area contributed by atoms with Gasteiger partial charge in [-0.1, -0.05) is 48.5 Å². The van der Waals surface area contributed by atoms with Crippen LogP contribution in [0, 0.1) is 0 Å². The zero-order valence-corrected chi connectivity index (χ0v) is 23.7. The van der Waals surface area contributed by atoms with E-state index in [4.69, 9.17) is 0 Å².